The second-order valence-electron chi connectivity index (χ2n) is 5.82. The lowest BCUT2D eigenvalue weighted by Crippen LogP contribution is -2.34. The van der Waals surface area contributed by atoms with Gasteiger partial charge in [0.1, 0.15) is 6.10 Å². The zero-order chi connectivity index (χ0) is 19.4. The van der Waals surface area contributed by atoms with E-state index < -0.39 is 17.9 Å². The van der Waals surface area contributed by atoms with Gasteiger partial charge in [-0.25, -0.2) is 0 Å². The summed E-state index contributed by atoms with van der Waals surface area (Å²) < 4.78 is 0. The molecule has 8 heteroatoms. The largest absolute Gasteiger partial charge is 0.382 e. The van der Waals surface area contributed by atoms with Crippen molar-refractivity contribution in [2.24, 2.45) is 0 Å². The number of amides is 2. The van der Waals surface area contributed by atoms with Gasteiger partial charge < -0.3 is 15.7 Å². The Morgan fingerprint density at radius 1 is 1.15 bits per heavy atom. The van der Waals surface area contributed by atoms with Gasteiger partial charge in [-0.2, -0.15) is 0 Å². The van der Waals surface area contributed by atoms with Gasteiger partial charge >= 0.3 is 11.8 Å². The maximum Gasteiger partial charge on any atom is 0.313 e. The topological polar surface area (TPSA) is 78.4 Å². The Morgan fingerprint density at radius 2 is 1.96 bits per heavy atom. The number of nitrogens with one attached hydrogen (secondary N) is 2. The SMILES string of the molecule is Cc1ccc(Cl)cc1NC(=O)C(=O)NCc1ccc([C@H](O)c2cccs2)s1. The zero-order valence-corrected chi connectivity index (χ0v) is 16.8. The van der Waals surface area contributed by atoms with Crippen LogP contribution in [0.15, 0.2) is 47.8 Å². The van der Waals surface area contributed by atoms with Crippen LogP contribution in [0, 0.1) is 6.92 Å². The van der Waals surface area contributed by atoms with Crippen molar-refractivity contribution >= 4 is 51.8 Å². The number of aliphatic hydroxyl groups is 1. The van der Waals surface area contributed by atoms with Crippen molar-refractivity contribution < 1.29 is 14.7 Å². The van der Waals surface area contributed by atoms with Gasteiger partial charge in [-0.3, -0.25) is 9.59 Å². The molecule has 5 nitrogen and oxygen atoms in total. The molecule has 0 spiro atoms. The number of aliphatic hydroxyl groups excluding tert-OH is 1. The standard InChI is InChI=1S/C19H17ClN2O3S2/c1-11-4-5-12(20)9-14(11)22-19(25)18(24)21-10-13-6-7-16(27-13)17(23)15-3-2-8-26-15/h2-9,17,23H,10H2,1H3,(H,21,24)(H,22,25)/t17-/m1/s1. The van der Waals surface area contributed by atoms with E-state index in [0.717, 1.165) is 20.2 Å². The fourth-order valence-electron chi connectivity index (χ4n) is 2.38. The summed E-state index contributed by atoms with van der Waals surface area (Å²) in [6.45, 7) is 2.03. The van der Waals surface area contributed by atoms with Crippen molar-refractivity contribution in [2.45, 2.75) is 19.6 Å². The molecule has 1 aromatic carbocycles. The molecule has 1 atom stereocenters. The number of carbonyl (C=O) groups excluding carboxylic acids is 2. The predicted molar refractivity (Wildman–Crippen MR) is 109 cm³/mol. The molecular weight excluding hydrogens is 404 g/mol. The van der Waals surface area contributed by atoms with Gasteiger partial charge in [0.25, 0.3) is 0 Å². The third-order valence-corrected chi connectivity index (χ3v) is 6.14. The maximum absolute atomic E-state index is 12.1. The van der Waals surface area contributed by atoms with Crippen molar-refractivity contribution in [3.8, 4) is 0 Å². The van der Waals surface area contributed by atoms with Gasteiger partial charge in [-0.1, -0.05) is 23.7 Å². The molecule has 3 rings (SSSR count). The van der Waals surface area contributed by atoms with Crippen LogP contribution < -0.4 is 10.6 Å². The van der Waals surface area contributed by atoms with Gasteiger partial charge in [0.05, 0.1) is 6.54 Å². The monoisotopic (exact) mass is 420 g/mol. The first-order valence-electron chi connectivity index (χ1n) is 8.09. The smallest absolute Gasteiger partial charge is 0.313 e. The number of aryl methyl sites for hydroxylation is 1. The quantitative estimate of drug-likeness (QED) is 0.543. The first-order valence-corrected chi connectivity index (χ1v) is 10.2. The number of rotatable bonds is 5. The number of anilines is 1. The molecule has 0 radical (unpaired) electrons. The Hall–Kier alpha value is -2.19. The number of benzene rings is 1. The number of hydrogen-bond acceptors (Lipinski definition) is 5. The van der Waals surface area contributed by atoms with E-state index >= 15 is 0 Å². The summed E-state index contributed by atoms with van der Waals surface area (Å²) in [5.74, 6) is -1.49. The van der Waals surface area contributed by atoms with Crippen molar-refractivity contribution in [2.75, 3.05) is 5.32 Å². The maximum atomic E-state index is 12.1. The summed E-state index contributed by atoms with van der Waals surface area (Å²) in [5.41, 5.74) is 1.31. The van der Waals surface area contributed by atoms with Crippen LogP contribution in [0.5, 0.6) is 0 Å². The number of hydrogen-bond donors (Lipinski definition) is 3. The summed E-state index contributed by atoms with van der Waals surface area (Å²) in [4.78, 5) is 26.6. The van der Waals surface area contributed by atoms with Crippen molar-refractivity contribution in [1.29, 1.82) is 0 Å². The highest BCUT2D eigenvalue weighted by Gasteiger charge is 2.17. The van der Waals surface area contributed by atoms with E-state index in [2.05, 4.69) is 10.6 Å². The molecule has 0 aliphatic carbocycles. The molecule has 0 aliphatic heterocycles. The van der Waals surface area contributed by atoms with E-state index in [9.17, 15) is 14.7 Å². The lowest BCUT2D eigenvalue weighted by atomic mass is 10.2. The minimum Gasteiger partial charge on any atom is -0.382 e. The summed E-state index contributed by atoms with van der Waals surface area (Å²) in [6.07, 6.45) is -0.673. The van der Waals surface area contributed by atoms with E-state index in [0.29, 0.717) is 10.7 Å². The summed E-state index contributed by atoms with van der Waals surface area (Å²) >= 11 is 8.79. The van der Waals surface area contributed by atoms with Gasteiger partial charge in [0.2, 0.25) is 0 Å². The highest BCUT2D eigenvalue weighted by atomic mass is 35.5. The number of carbonyl (C=O) groups is 2. The van der Waals surface area contributed by atoms with Crippen LogP contribution in [0.25, 0.3) is 0 Å². The first-order chi connectivity index (χ1) is 12.9. The molecule has 3 aromatic rings. The van der Waals surface area contributed by atoms with Gasteiger partial charge in [-0.05, 0) is 48.2 Å². The Kier molecular flexibility index (Phi) is 6.28. The zero-order valence-electron chi connectivity index (χ0n) is 14.4. The average Bonchev–Trinajstić information content (AvgIpc) is 3.34. The van der Waals surface area contributed by atoms with E-state index in [-0.39, 0.29) is 6.54 Å². The molecule has 2 aromatic heterocycles. The summed E-state index contributed by atoms with van der Waals surface area (Å²) in [7, 11) is 0. The first kappa shape index (κ1) is 19.6. The average molecular weight is 421 g/mol. The number of halogens is 1. The van der Waals surface area contributed by atoms with Crippen LogP contribution in [-0.4, -0.2) is 16.9 Å². The van der Waals surface area contributed by atoms with Crippen LogP contribution in [-0.2, 0) is 16.1 Å². The lowest BCUT2D eigenvalue weighted by molar-refractivity contribution is -0.136. The van der Waals surface area contributed by atoms with Crippen molar-refractivity contribution in [1.82, 2.24) is 5.32 Å². The van der Waals surface area contributed by atoms with Crippen molar-refractivity contribution in [3.05, 3.63) is 73.1 Å². The highest BCUT2D eigenvalue weighted by molar-refractivity contribution is 7.12. The highest BCUT2D eigenvalue weighted by Crippen LogP contribution is 2.30. The molecule has 3 N–H and O–H groups in total. The minimum atomic E-state index is -0.754. The van der Waals surface area contributed by atoms with Gasteiger partial charge in [0.15, 0.2) is 0 Å². The van der Waals surface area contributed by atoms with Crippen LogP contribution in [0.2, 0.25) is 5.02 Å². The van der Waals surface area contributed by atoms with Crippen LogP contribution in [0.3, 0.4) is 0 Å². The molecule has 0 saturated carbocycles. The van der Waals surface area contributed by atoms with E-state index in [1.54, 1.807) is 18.2 Å². The Morgan fingerprint density at radius 3 is 2.70 bits per heavy atom. The van der Waals surface area contributed by atoms with Crippen LogP contribution >= 0.6 is 34.3 Å². The fourth-order valence-corrected chi connectivity index (χ4v) is 4.31. The van der Waals surface area contributed by atoms with Gasteiger partial charge in [-0.15, -0.1) is 22.7 Å². The molecule has 2 heterocycles. The predicted octanol–water partition coefficient (Wildman–Crippen LogP) is 4.11. The van der Waals surface area contributed by atoms with Gasteiger partial charge in [0, 0.05) is 25.3 Å². The third-order valence-electron chi connectivity index (χ3n) is 3.84. The minimum absolute atomic E-state index is 0.211. The Balaban J connectivity index is 1.56. The molecule has 0 saturated heterocycles. The molecule has 0 aliphatic rings. The molecule has 0 unspecified atom stereocenters. The Labute approximate surface area is 169 Å². The van der Waals surface area contributed by atoms with Crippen LogP contribution in [0.4, 0.5) is 5.69 Å². The normalized spacial score (nSPS) is 11.8. The fraction of sp³-hybridized carbons (Fsp3) is 0.158. The molecule has 27 heavy (non-hydrogen) atoms. The second kappa shape index (κ2) is 8.67. The van der Waals surface area contributed by atoms with E-state index in [4.69, 9.17) is 11.6 Å². The lowest BCUT2D eigenvalue weighted by Gasteiger charge is -2.09. The number of thiophene rings is 2. The molecule has 2 amide bonds. The second-order valence-corrected chi connectivity index (χ2v) is 8.43. The van der Waals surface area contributed by atoms with Crippen molar-refractivity contribution in [3.63, 3.8) is 0 Å². The van der Waals surface area contributed by atoms with E-state index in [1.807, 2.05) is 36.6 Å². The molecule has 0 bridgehead atoms. The molecular formula is C19H17ClN2O3S2. The van der Waals surface area contributed by atoms with Crippen LogP contribution in [0.1, 0.15) is 26.3 Å². The summed E-state index contributed by atoms with van der Waals surface area (Å²) in [6, 6.07) is 12.5. The molecule has 0 fully saturated rings. The summed E-state index contributed by atoms with van der Waals surface area (Å²) in [5, 5.41) is 17.9. The van der Waals surface area contributed by atoms with E-state index in [1.165, 1.54) is 22.7 Å². The Bertz CT molecular complexity index is 954. The third kappa shape index (κ3) is 4.95. The molecule has 140 valence electrons.